The Kier molecular flexibility index (Phi) is 8.11. The minimum atomic E-state index is -3.43. The maximum absolute atomic E-state index is 14.9. The molecular formula is C24H28FN7O5S. The lowest BCUT2D eigenvalue weighted by molar-refractivity contribution is -0.142. The van der Waals surface area contributed by atoms with Gasteiger partial charge in [0.1, 0.15) is 23.9 Å². The van der Waals surface area contributed by atoms with Crippen LogP contribution in [-0.2, 0) is 32.5 Å². The molecule has 2 aromatic heterocycles. The van der Waals surface area contributed by atoms with Crippen molar-refractivity contribution in [1.82, 2.24) is 29.5 Å². The summed E-state index contributed by atoms with van der Waals surface area (Å²) in [7, 11) is -3.43. The maximum atomic E-state index is 14.9. The summed E-state index contributed by atoms with van der Waals surface area (Å²) in [6.45, 7) is 5.27. The third-order valence-corrected chi connectivity index (χ3v) is 8.05. The first kappa shape index (κ1) is 27.3. The van der Waals surface area contributed by atoms with Crippen molar-refractivity contribution >= 4 is 27.7 Å². The van der Waals surface area contributed by atoms with E-state index in [0.29, 0.717) is 29.7 Å². The van der Waals surface area contributed by atoms with Gasteiger partial charge in [-0.1, -0.05) is 13.0 Å². The van der Waals surface area contributed by atoms with E-state index in [1.807, 2.05) is 0 Å². The highest BCUT2D eigenvalue weighted by Crippen LogP contribution is 2.26. The zero-order valence-corrected chi connectivity index (χ0v) is 22.0. The highest BCUT2D eigenvalue weighted by Gasteiger charge is 2.28. The van der Waals surface area contributed by atoms with Crippen LogP contribution >= 0.6 is 0 Å². The van der Waals surface area contributed by atoms with Gasteiger partial charge in [-0.15, -0.1) is 5.10 Å². The average Bonchev–Trinajstić information content (AvgIpc) is 3.37. The predicted octanol–water partition coefficient (Wildman–Crippen LogP) is 2.35. The van der Waals surface area contributed by atoms with Gasteiger partial charge in [0.2, 0.25) is 15.8 Å². The van der Waals surface area contributed by atoms with Gasteiger partial charge in [-0.3, -0.25) is 9.59 Å². The third kappa shape index (κ3) is 6.02. The summed E-state index contributed by atoms with van der Waals surface area (Å²) in [5.74, 6) is -1.41. The fourth-order valence-electron chi connectivity index (χ4n) is 4.13. The number of halogens is 1. The number of ether oxygens (including phenoxy) is 1. The average molecular weight is 546 g/mol. The first-order chi connectivity index (χ1) is 18.1. The topological polar surface area (TPSA) is 149 Å². The van der Waals surface area contributed by atoms with Crippen molar-refractivity contribution < 1.29 is 27.1 Å². The minimum Gasteiger partial charge on any atom is -0.464 e. The summed E-state index contributed by atoms with van der Waals surface area (Å²) in [4.78, 5) is 28.5. The van der Waals surface area contributed by atoms with Crippen molar-refractivity contribution in [2.75, 3.05) is 24.2 Å². The first-order valence-corrected chi connectivity index (χ1v) is 13.7. The number of hydrogen-bond acceptors (Lipinski definition) is 9. The Labute approximate surface area is 219 Å². The molecule has 1 amide bonds. The summed E-state index contributed by atoms with van der Waals surface area (Å²) in [6, 6.07) is 7.11. The first-order valence-electron chi connectivity index (χ1n) is 12.1. The van der Waals surface area contributed by atoms with Crippen LogP contribution < -0.4 is 5.32 Å². The predicted molar refractivity (Wildman–Crippen MR) is 135 cm³/mol. The number of tetrazole rings is 1. The molecule has 0 spiro atoms. The molecule has 12 nitrogen and oxygen atoms in total. The highest BCUT2D eigenvalue weighted by molar-refractivity contribution is 7.89. The van der Waals surface area contributed by atoms with E-state index in [0.717, 1.165) is 0 Å². The quantitative estimate of drug-likeness (QED) is 0.400. The Morgan fingerprint density at radius 1 is 1.24 bits per heavy atom. The van der Waals surface area contributed by atoms with E-state index in [1.165, 1.54) is 34.1 Å². The number of carbonyl (C=O) groups is 2. The van der Waals surface area contributed by atoms with Crippen LogP contribution in [0.4, 0.5) is 10.2 Å². The van der Waals surface area contributed by atoms with Gasteiger partial charge in [-0.05, 0) is 65.6 Å². The molecule has 0 saturated carbocycles. The van der Waals surface area contributed by atoms with Gasteiger partial charge >= 0.3 is 5.97 Å². The highest BCUT2D eigenvalue weighted by atomic mass is 32.2. The Balaban J connectivity index is 1.54. The maximum Gasteiger partial charge on any atom is 0.302 e. The van der Waals surface area contributed by atoms with E-state index >= 15 is 0 Å². The minimum absolute atomic E-state index is 0.0324. The summed E-state index contributed by atoms with van der Waals surface area (Å²) >= 11 is 0. The Hall–Kier alpha value is -3.78. The van der Waals surface area contributed by atoms with Crippen molar-refractivity contribution in [2.24, 2.45) is 0 Å². The lowest BCUT2D eigenvalue weighted by Gasteiger charge is -2.28. The number of benzene rings is 1. The second-order valence-corrected chi connectivity index (χ2v) is 11.0. The zero-order valence-electron chi connectivity index (χ0n) is 21.2. The van der Waals surface area contributed by atoms with Gasteiger partial charge in [0.25, 0.3) is 5.91 Å². The molecule has 0 fully saturated rings. The van der Waals surface area contributed by atoms with Crippen LogP contribution in [0.3, 0.4) is 0 Å². The lowest BCUT2D eigenvalue weighted by atomic mass is 9.97. The van der Waals surface area contributed by atoms with Crippen molar-refractivity contribution in [3.63, 3.8) is 0 Å². The second-order valence-electron chi connectivity index (χ2n) is 8.96. The molecule has 1 aliphatic rings. The lowest BCUT2D eigenvalue weighted by Crippen LogP contribution is -2.37. The van der Waals surface area contributed by atoms with E-state index in [4.69, 9.17) is 4.74 Å². The molecule has 0 bridgehead atoms. The van der Waals surface area contributed by atoms with Gasteiger partial charge in [0, 0.05) is 20.0 Å². The Bertz CT molecular complexity index is 1460. The molecule has 14 heteroatoms. The standard InChI is InChI=1S/C24H28FN7O5S/c1-4-10-38(35,36)31-9-8-17-12-20(25)19(11-18(17)13-31)24(34)27-22-7-5-6-21(26-22)23-28-29-30-32(23)15(2)14-37-16(3)33/h5-7,11-12,15H,4,8-10,13-14H2,1-3H3,(H,26,27,34)/t15-/m1/s1. The van der Waals surface area contributed by atoms with Crippen LogP contribution in [0, 0.1) is 5.82 Å². The molecule has 202 valence electrons. The molecule has 38 heavy (non-hydrogen) atoms. The third-order valence-electron chi connectivity index (χ3n) is 6.02. The summed E-state index contributed by atoms with van der Waals surface area (Å²) < 4.78 is 47.7. The number of amides is 1. The zero-order chi connectivity index (χ0) is 27.4. The molecule has 1 aromatic carbocycles. The molecule has 4 rings (SSSR count). The molecular weight excluding hydrogens is 517 g/mol. The van der Waals surface area contributed by atoms with Gasteiger partial charge in [0.05, 0.1) is 17.4 Å². The van der Waals surface area contributed by atoms with E-state index in [9.17, 15) is 22.4 Å². The van der Waals surface area contributed by atoms with Gasteiger partial charge in [-0.2, -0.15) is 4.31 Å². The number of hydrogen-bond donors (Lipinski definition) is 1. The van der Waals surface area contributed by atoms with Crippen molar-refractivity contribution in [3.05, 3.63) is 52.8 Å². The Morgan fingerprint density at radius 2 is 2.03 bits per heavy atom. The number of pyridine rings is 1. The number of aromatic nitrogens is 5. The molecule has 0 aliphatic carbocycles. The fraction of sp³-hybridized carbons (Fsp3) is 0.417. The van der Waals surface area contributed by atoms with Crippen LogP contribution in [0.1, 0.15) is 54.7 Å². The Morgan fingerprint density at radius 3 is 2.76 bits per heavy atom. The number of carbonyl (C=O) groups excluding carboxylic acids is 2. The summed E-state index contributed by atoms with van der Waals surface area (Å²) in [6.07, 6.45) is 0.859. The fourth-order valence-corrected chi connectivity index (χ4v) is 5.61. The molecule has 0 unspecified atom stereocenters. The molecule has 1 aliphatic heterocycles. The number of nitrogens with one attached hydrogen (secondary N) is 1. The van der Waals surface area contributed by atoms with Gasteiger partial charge < -0.3 is 10.1 Å². The van der Waals surface area contributed by atoms with E-state index in [1.54, 1.807) is 26.0 Å². The number of esters is 1. The number of rotatable bonds is 9. The van der Waals surface area contributed by atoms with Gasteiger partial charge in [-0.25, -0.2) is 22.5 Å². The van der Waals surface area contributed by atoms with Crippen LogP contribution in [0.15, 0.2) is 30.3 Å². The smallest absolute Gasteiger partial charge is 0.302 e. The summed E-state index contributed by atoms with van der Waals surface area (Å²) in [5, 5.41) is 14.2. The SMILES string of the molecule is CCCS(=O)(=O)N1CCc2cc(F)c(C(=O)Nc3cccc(-c4nnnn4[C@H](C)COC(C)=O)n3)cc2C1. The van der Waals surface area contributed by atoms with Crippen molar-refractivity contribution in [1.29, 1.82) is 0 Å². The van der Waals surface area contributed by atoms with E-state index in [2.05, 4.69) is 25.8 Å². The molecule has 3 aromatic rings. The number of anilines is 1. The molecule has 0 saturated heterocycles. The van der Waals surface area contributed by atoms with Crippen LogP contribution in [0.25, 0.3) is 11.5 Å². The normalized spacial score (nSPS) is 14.5. The molecule has 1 N–H and O–H groups in total. The summed E-state index contributed by atoms with van der Waals surface area (Å²) in [5.41, 5.74) is 1.39. The van der Waals surface area contributed by atoms with Crippen molar-refractivity contribution in [2.45, 2.75) is 46.2 Å². The number of fused-ring (bicyclic) bond motifs is 1. The van der Waals surface area contributed by atoms with Crippen molar-refractivity contribution in [3.8, 4) is 11.5 Å². The monoisotopic (exact) mass is 545 g/mol. The van der Waals surface area contributed by atoms with Crippen LogP contribution in [-0.4, -0.2) is 68.7 Å². The van der Waals surface area contributed by atoms with Gasteiger partial charge in [0.15, 0.2) is 0 Å². The second kappa shape index (κ2) is 11.3. The number of sulfonamides is 1. The van der Waals surface area contributed by atoms with E-state index in [-0.39, 0.29) is 48.7 Å². The van der Waals surface area contributed by atoms with Crippen LogP contribution in [0.2, 0.25) is 0 Å². The van der Waals surface area contributed by atoms with Crippen LogP contribution in [0.5, 0.6) is 0 Å². The molecule has 3 heterocycles. The molecule has 1 atom stereocenters. The van der Waals surface area contributed by atoms with E-state index < -0.39 is 27.7 Å². The number of nitrogens with zero attached hydrogens (tertiary/aromatic N) is 6. The largest absolute Gasteiger partial charge is 0.464 e. The molecule has 0 radical (unpaired) electrons.